The molecule has 1 fully saturated rings. The van der Waals surface area contributed by atoms with E-state index in [2.05, 4.69) is 10.6 Å². The van der Waals surface area contributed by atoms with Crippen molar-refractivity contribution in [2.24, 2.45) is 5.73 Å². The Morgan fingerprint density at radius 2 is 2.26 bits per heavy atom. The summed E-state index contributed by atoms with van der Waals surface area (Å²) >= 11 is 0. The minimum Gasteiger partial charge on any atom is -0.427 e. The van der Waals surface area contributed by atoms with Crippen LogP contribution in [-0.4, -0.2) is 47.7 Å². The Kier molecular flexibility index (Phi) is 7.37. The van der Waals surface area contributed by atoms with Gasteiger partial charge in [-0.15, -0.1) is 0 Å². The zero-order chi connectivity index (χ0) is 14.3. The number of hydrogen-bond donors (Lipinski definition) is 5. The minimum absolute atomic E-state index is 0.0888. The first-order valence-corrected chi connectivity index (χ1v) is 7.14. The second kappa shape index (κ2) is 8.53. The van der Waals surface area contributed by atoms with E-state index < -0.39 is 13.2 Å². The smallest absolute Gasteiger partial charge is 0.427 e. The quantitative estimate of drug-likeness (QED) is 0.308. The molecule has 0 aromatic rings. The van der Waals surface area contributed by atoms with E-state index in [0.717, 1.165) is 38.6 Å². The average molecular weight is 271 g/mol. The third-order valence-corrected chi connectivity index (χ3v) is 3.52. The van der Waals surface area contributed by atoms with E-state index in [-0.39, 0.29) is 11.9 Å². The van der Waals surface area contributed by atoms with Crippen LogP contribution in [0.2, 0.25) is 6.32 Å². The van der Waals surface area contributed by atoms with E-state index in [9.17, 15) is 4.79 Å². The first-order chi connectivity index (χ1) is 8.99. The van der Waals surface area contributed by atoms with E-state index in [1.807, 2.05) is 0 Å². The van der Waals surface area contributed by atoms with E-state index in [0.29, 0.717) is 12.4 Å². The summed E-state index contributed by atoms with van der Waals surface area (Å²) in [6.45, 7) is 2.59. The molecule has 0 radical (unpaired) electrons. The summed E-state index contributed by atoms with van der Waals surface area (Å²) in [6.07, 6.45) is 5.05. The van der Waals surface area contributed by atoms with Gasteiger partial charge in [0.2, 0.25) is 5.91 Å². The Bertz CT molecular complexity index is 277. The largest absolute Gasteiger partial charge is 0.451 e. The van der Waals surface area contributed by atoms with Crippen molar-refractivity contribution in [2.45, 2.75) is 63.5 Å². The van der Waals surface area contributed by atoms with Crippen LogP contribution in [-0.2, 0) is 4.79 Å². The van der Waals surface area contributed by atoms with Gasteiger partial charge in [0.25, 0.3) is 0 Å². The zero-order valence-electron chi connectivity index (χ0n) is 11.6. The highest BCUT2D eigenvalue weighted by atomic mass is 16.4. The molecule has 1 aliphatic rings. The van der Waals surface area contributed by atoms with Gasteiger partial charge < -0.3 is 26.4 Å². The number of nitrogens with one attached hydrogen (secondary N) is 2. The first-order valence-electron chi connectivity index (χ1n) is 7.14. The van der Waals surface area contributed by atoms with Gasteiger partial charge in [0.1, 0.15) is 0 Å². The van der Waals surface area contributed by atoms with Crippen LogP contribution in [0.1, 0.15) is 39.0 Å². The summed E-state index contributed by atoms with van der Waals surface area (Å²) < 4.78 is 0. The Morgan fingerprint density at radius 1 is 1.53 bits per heavy atom. The molecule has 6 nitrogen and oxygen atoms in total. The SMILES string of the molecule is C[C@H](N)C(=O)N[C@H]1CCN[C@H](CCCCB(O)O)C1. The van der Waals surface area contributed by atoms with Crippen molar-refractivity contribution in [3.63, 3.8) is 0 Å². The van der Waals surface area contributed by atoms with Crippen molar-refractivity contribution >= 4 is 13.0 Å². The molecule has 7 heteroatoms. The van der Waals surface area contributed by atoms with Crippen molar-refractivity contribution < 1.29 is 14.8 Å². The van der Waals surface area contributed by atoms with E-state index in [4.69, 9.17) is 15.8 Å². The van der Waals surface area contributed by atoms with Crippen molar-refractivity contribution in [2.75, 3.05) is 6.54 Å². The normalized spacial score (nSPS) is 24.8. The van der Waals surface area contributed by atoms with Crippen LogP contribution in [0.25, 0.3) is 0 Å². The molecule has 0 unspecified atom stereocenters. The molecule has 0 spiro atoms. The molecule has 1 saturated heterocycles. The maximum Gasteiger partial charge on any atom is 0.451 e. The van der Waals surface area contributed by atoms with Gasteiger partial charge in [-0.1, -0.05) is 12.8 Å². The number of unbranched alkanes of at least 4 members (excludes halogenated alkanes) is 1. The van der Waals surface area contributed by atoms with Crippen LogP contribution in [0.4, 0.5) is 0 Å². The number of amides is 1. The summed E-state index contributed by atoms with van der Waals surface area (Å²) in [7, 11) is -1.20. The summed E-state index contributed by atoms with van der Waals surface area (Å²) in [5.41, 5.74) is 5.54. The molecule has 110 valence electrons. The number of carbonyl (C=O) groups excluding carboxylic acids is 1. The Morgan fingerprint density at radius 3 is 2.89 bits per heavy atom. The van der Waals surface area contributed by atoms with Crippen LogP contribution in [0.3, 0.4) is 0 Å². The van der Waals surface area contributed by atoms with Gasteiger partial charge in [-0.05, 0) is 39.1 Å². The molecule has 1 aliphatic heterocycles. The van der Waals surface area contributed by atoms with Gasteiger partial charge >= 0.3 is 7.12 Å². The van der Waals surface area contributed by atoms with E-state index in [1.165, 1.54) is 0 Å². The molecule has 3 atom stereocenters. The van der Waals surface area contributed by atoms with Crippen molar-refractivity contribution in [3.05, 3.63) is 0 Å². The fourth-order valence-corrected chi connectivity index (χ4v) is 2.41. The predicted octanol–water partition coefficient (Wildman–Crippen LogP) is -0.786. The molecular formula is C12H26BN3O3. The summed E-state index contributed by atoms with van der Waals surface area (Å²) in [4.78, 5) is 11.5. The second-order valence-electron chi connectivity index (χ2n) is 5.43. The molecule has 0 aliphatic carbocycles. The predicted molar refractivity (Wildman–Crippen MR) is 75.5 cm³/mol. The molecule has 0 saturated carbocycles. The first kappa shape index (κ1) is 16.4. The number of hydrogen-bond acceptors (Lipinski definition) is 5. The monoisotopic (exact) mass is 271 g/mol. The number of carbonyl (C=O) groups is 1. The van der Waals surface area contributed by atoms with Gasteiger partial charge in [0.15, 0.2) is 0 Å². The lowest BCUT2D eigenvalue weighted by Crippen LogP contribution is -2.50. The van der Waals surface area contributed by atoms with Gasteiger partial charge in [0, 0.05) is 12.1 Å². The second-order valence-corrected chi connectivity index (χ2v) is 5.43. The van der Waals surface area contributed by atoms with Crippen LogP contribution >= 0.6 is 0 Å². The number of nitrogens with two attached hydrogens (primary N) is 1. The molecule has 0 aromatic heterocycles. The van der Waals surface area contributed by atoms with E-state index in [1.54, 1.807) is 6.92 Å². The van der Waals surface area contributed by atoms with Crippen LogP contribution in [0.15, 0.2) is 0 Å². The Hall–Kier alpha value is -0.625. The highest BCUT2D eigenvalue weighted by Crippen LogP contribution is 2.15. The lowest BCUT2D eigenvalue weighted by atomic mass is 9.83. The van der Waals surface area contributed by atoms with Crippen molar-refractivity contribution in [1.82, 2.24) is 10.6 Å². The van der Waals surface area contributed by atoms with Gasteiger partial charge in [-0.2, -0.15) is 0 Å². The lowest BCUT2D eigenvalue weighted by Gasteiger charge is -2.31. The lowest BCUT2D eigenvalue weighted by molar-refractivity contribution is -0.122. The zero-order valence-corrected chi connectivity index (χ0v) is 11.6. The molecule has 1 heterocycles. The minimum atomic E-state index is -1.20. The fourth-order valence-electron chi connectivity index (χ4n) is 2.41. The Labute approximate surface area is 115 Å². The van der Waals surface area contributed by atoms with Crippen molar-refractivity contribution in [3.8, 4) is 0 Å². The molecule has 1 rings (SSSR count). The number of piperidine rings is 1. The number of rotatable bonds is 7. The third-order valence-electron chi connectivity index (χ3n) is 3.52. The Balaban J connectivity index is 2.20. The van der Waals surface area contributed by atoms with Crippen LogP contribution in [0.5, 0.6) is 0 Å². The molecule has 19 heavy (non-hydrogen) atoms. The maximum absolute atomic E-state index is 11.5. The fraction of sp³-hybridized carbons (Fsp3) is 0.917. The topological polar surface area (TPSA) is 108 Å². The molecule has 0 bridgehead atoms. The van der Waals surface area contributed by atoms with E-state index >= 15 is 0 Å². The standard InChI is InChI=1S/C12H26BN3O3/c1-9(14)12(17)16-11-5-7-15-10(8-11)4-2-3-6-13(18)19/h9-11,15,18-19H,2-8,14H2,1H3,(H,16,17)/t9-,10+,11-/m0/s1. The van der Waals surface area contributed by atoms with Crippen LogP contribution < -0.4 is 16.4 Å². The van der Waals surface area contributed by atoms with Crippen LogP contribution in [0, 0.1) is 0 Å². The van der Waals surface area contributed by atoms with Gasteiger partial charge in [-0.3, -0.25) is 4.79 Å². The maximum atomic E-state index is 11.5. The molecule has 1 amide bonds. The van der Waals surface area contributed by atoms with Gasteiger partial charge in [-0.25, -0.2) is 0 Å². The summed E-state index contributed by atoms with van der Waals surface area (Å²) in [5.74, 6) is -0.0888. The average Bonchev–Trinajstić information content (AvgIpc) is 2.35. The third kappa shape index (κ3) is 6.91. The highest BCUT2D eigenvalue weighted by molar-refractivity contribution is 6.40. The molecule has 6 N–H and O–H groups in total. The molecule has 0 aromatic carbocycles. The summed E-state index contributed by atoms with van der Waals surface area (Å²) in [5, 5.41) is 23.9. The molecular weight excluding hydrogens is 245 g/mol. The van der Waals surface area contributed by atoms with Crippen molar-refractivity contribution in [1.29, 1.82) is 0 Å². The van der Waals surface area contributed by atoms with Gasteiger partial charge in [0.05, 0.1) is 6.04 Å². The highest BCUT2D eigenvalue weighted by Gasteiger charge is 2.23. The summed E-state index contributed by atoms with van der Waals surface area (Å²) in [6, 6.07) is 0.135.